The molecular weight excluding hydrogens is 309 g/mol. The summed E-state index contributed by atoms with van der Waals surface area (Å²) in [6.45, 7) is 0. The Bertz CT molecular complexity index is 741. The van der Waals surface area contributed by atoms with E-state index in [-0.39, 0.29) is 10.8 Å². The van der Waals surface area contributed by atoms with Gasteiger partial charge in [-0.05, 0) is 48.6 Å². The van der Waals surface area contributed by atoms with Crippen LogP contribution in [-0.2, 0) is 12.8 Å². The molecule has 3 rings (SSSR count). The van der Waals surface area contributed by atoms with E-state index in [1.165, 1.54) is 33.9 Å². The van der Waals surface area contributed by atoms with E-state index in [1.807, 2.05) is 12.1 Å². The van der Waals surface area contributed by atoms with Gasteiger partial charge in [0.05, 0.1) is 10.9 Å². The zero-order valence-corrected chi connectivity index (χ0v) is 12.6. The van der Waals surface area contributed by atoms with Gasteiger partial charge in [-0.1, -0.05) is 17.7 Å². The summed E-state index contributed by atoms with van der Waals surface area (Å²) in [5.41, 5.74) is 1.57. The molecule has 1 aliphatic rings. The highest BCUT2D eigenvalue weighted by Gasteiger charge is 2.27. The summed E-state index contributed by atoms with van der Waals surface area (Å²) in [5.74, 6) is -1.73. The Morgan fingerprint density at radius 2 is 2.19 bits per heavy atom. The fourth-order valence-corrected chi connectivity index (χ4v) is 4.10. The molecule has 0 spiro atoms. The number of fused-ring (bicyclic) bond motifs is 1. The summed E-state index contributed by atoms with van der Waals surface area (Å²) < 4.78 is 13.1. The number of benzene rings is 1. The van der Waals surface area contributed by atoms with Gasteiger partial charge >= 0.3 is 0 Å². The van der Waals surface area contributed by atoms with E-state index in [4.69, 9.17) is 11.6 Å². The molecule has 0 amide bonds. The van der Waals surface area contributed by atoms with Crippen LogP contribution in [0, 0.1) is 17.1 Å². The number of rotatable bonds is 3. The summed E-state index contributed by atoms with van der Waals surface area (Å²) in [6.07, 6.45) is 3.12. The molecule has 5 heteroatoms. The molecule has 0 saturated heterocycles. The molecule has 0 aliphatic heterocycles. The lowest BCUT2D eigenvalue weighted by atomic mass is 9.95. The third kappa shape index (κ3) is 2.59. The van der Waals surface area contributed by atoms with Gasteiger partial charge in [-0.2, -0.15) is 5.26 Å². The molecule has 1 unspecified atom stereocenters. The lowest BCUT2D eigenvalue weighted by Gasteiger charge is -2.09. The van der Waals surface area contributed by atoms with Gasteiger partial charge in [-0.3, -0.25) is 4.79 Å². The van der Waals surface area contributed by atoms with Gasteiger partial charge in [0.1, 0.15) is 11.7 Å². The van der Waals surface area contributed by atoms with Crippen LogP contribution in [0.2, 0.25) is 5.02 Å². The minimum Gasteiger partial charge on any atom is -0.291 e. The first-order chi connectivity index (χ1) is 10.1. The Hall–Kier alpha value is -1.70. The standard InChI is InChI=1S/C16H11ClFNOS/c17-13-7-10(18)4-5-11(13)12(8-19)16(20)15-6-9-2-1-3-14(9)21-15/h4-7,12H,1-3H2. The molecule has 0 N–H and O–H groups in total. The van der Waals surface area contributed by atoms with E-state index >= 15 is 0 Å². The SMILES string of the molecule is N#CC(C(=O)c1cc2c(s1)CCC2)c1ccc(F)cc1Cl. The Labute approximate surface area is 130 Å². The van der Waals surface area contributed by atoms with Crippen LogP contribution < -0.4 is 0 Å². The summed E-state index contributed by atoms with van der Waals surface area (Å²) >= 11 is 7.43. The van der Waals surface area contributed by atoms with Crippen LogP contribution in [0.25, 0.3) is 0 Å². The number of ketones is 1. The minimum absolute atomic E-state index is 0.110. The third-order valence-corrected chi connectivity index (χ3v) is 5.23. The van der Waals surface area contributed by atoms with Crippen LogP contribution in [-0.4, -0.2) is 5.78 Å². The molecule has 1 atom stereocenters. The molecule has 2 nitrogen and oxygen atoms in total. The van der Waals surface area contributed by atoms with E-state index in [2.05, 4.69) is 0 Å². The number of nitrogens with zero attached hydrogens (tertiary/aromatic N) is 1. The van der Waals surface area contributed by atoms with Crippen LogP contribution in [0.3, 0.4) is 0 Å². The van der Waals surface area contributed by atoms with Crippen molar-refractivity contribution in [2.45, 2.75) is 25.2 Å². The number of Topliss-reactive ketones (excluding diaryl/α,β-unsaturated/α-hetero) is 1. The maximum absolute atomic E-state index is 13.1. The van der Waals surface area contributed by atoms with E-state index < -0.39 is 11.7 Å². The molecule has 2 aromatic rings. The summed E-state index contributed by atoms with van der Waals surface area (Å²) in [4.78, 5) is 14.4. The highest BCUT2D eigenvalue weighted by molar-refractivity contribution is 7.14. The smallest absolute Gasteiger partial charge is 0.194 e. The second-order valence-electron chi connectivity index (χ2n) is 5.00. The Kier molecular flexibility index (Phi) is 3.79. The van der Waals surface area contributed by atoms with E-state index in [0.717, 1.165) is 25.3 Å². The van der Waals surface area contributed by atoms with Gasteiger partial charge in [0.15, 0.2) is 5.78 Å². The number of hydrogen-bond donors (Lipinski definition) is 0. The maximum Gasteiger partial charge on any atom is 0.194 e. The summed E-state index contributed by atoms with van der Waals surface area (Å²) in [6, 6.07) is 7.63. The zero-order valence-electron chi connectivity index (χ0n) is 11.0. The van der Waals surface area contributed by atoms with Crippen molar-refractivity contribution >= 4 is 28.7 Å². The maximum atomic E-state index is 13.1. The number of nitriles is 1. The van der Waals surface area contributed by atoms with Crippen molar-refractivity contribution in [3.8, 4) is 6.07 Å². The summed E-state index contributed by atoms with van der Waals surface area (Å²) in [7, 11) is 0. The number of carbonyl (C=O) groups is 1. The van der Waals surface area contributed by atoms with Crippen molar-refractivity contribution in [1.29, 1.82) is 5.26 Å². The minimum atomic E-state index is -0.989. The van der Waals surface area contributed by atoms with Crippen molar-refractivity contribution in [2.75, 3.05) is 0 Å². The fourth-order valence-electron chi connectivity index (χ4n) is 2.60. The Morgan fingerprint density at radius 3 is 2.86 bits per heavy atom. The molecule has 0 fully saturated rings. The largest absolute Gasteiger partial charge is 0.291 e. The van der Waals surface area contributed by atoms with Crippen molar-refractivity contribution in [2.24, 2.45) is 0 Å². The molecule has 0 saturated carbocycles. The molecule has 106 valence electrons. The first kappa shape index (κ1) is 14.2. The van der Waals surface area contributed by atoms with Crippen LogP contribution in [0.5, 0.6) is 0 Å². The monoisotopic (exact) mass is 319 g/mol. The van der Waals surface area contributed by atoms with Crippen molar-refractivity contribution in [1.82, 2.24) is 0 Å². The highest BCUT2D eigenvalue weighted by atomic mass is 35.5. The average molecular weight is 320 g/mol. The predicted octanol–water partition coefficient (Wildman–Crippen LogP) is 4.52. The topological polar surface area (TPSA) is 40.9 Å². The molecule has 1 aromatic carbocycles. The van der Waals surface area contributed by atoms with E-state index in [0.29, 0.717) is 10.4 Å². The van der Waals surface area contributed by atoms with E-state index in [9.17, 15) is 14.4 Å². The second kappa shape index (κ2) is 5.59. The molecular formula is C16H11ClFNOS. The fraction of sp³-hybridized carbons (Fsp3) is 0.250. The van der Waals surface area contributed by atoms with Gasteiger partial charge in [0.2, 0.25) is 0 Å². The number of carbonyl (C=O) groups excluding carboxylic acids is 1. The predicted molar refractivity (Wildman–Crippen MR) is 80.4 cm³/mol. The third-order valence-electron chi connectivity index (χ3n) is 3.65. The van der Waals surface area contributed by atoms with Gasteiger partial charge in [0, 0.05) is 9.90 Å². The molecule has 1 heterocycles. The normalized spacial score (nSPS) is 14.5. The Balaban J connectivity index is 1.95. The van der Waals surface area contributed by atoms with Crippen LogP contribution in [0.1, 0.15) is 38.0 Å². The molecule has 0 bridgehead atoms. The van der Waals surface area contributed by atoms with E-state index in [1.54, 1.807) is 0 Å². The molecule has 0 radical (unpaired) electrons. The highest BCUT2D eigenvalue weighted by Crippen LogP contribution is 2.34. The van der Waals surface area contributed by atoms with Crippen molar-refractivity contribution in [3.05, 3.63) is 56.0 Å². The number of halogens is 2. The average Bonchev–Trinajstić information content (AvgIpc) is 3.02. The number of aryl methyl sites for hydroxylation is 2. The van der Waals surface area contributed by atoms with Gasteiger partial charge < -0.3 is 0 Å². The van der Waals surface area contributed by atoms with Gasteiger partial charge in [0.25, 0.3) is 0 Å². The van der Waals surface area contributed by atoms with Crippen LogP contribution in [0.4, 0.5) is 4.39 Å². The van der Waals surface area contributed by atoms with Crippen LogP contribution >= 0.6 is 22.9 Å². The van der Waals surface area contributed by atoms with Crippen molar-refractivity contribution < 1.29 is 9.18 Å². The lowest BCUT2D eigenvalue weighted by molar-refractivity contribution is 0.0982. The van der Waals surface area contributed by atoms with Gasteiger partial charge in [-0.25, -0.2) is 4.39 Å². The Morgan fingerprint density at radius 1 is 1.38 bits per heavy atom. The van der Waals surface area contributed by atoms with Crippen molar-refractivity contribution in [3.63, 3.8) is 0 Å². The van der Waals surface area contributed by atoms with Gasteiger partial charge in [-0.15, -0.1) is 11.3 Å². The number of hydrogen-bond acceptors (Lipinski definition) is 3. The molecule has 21 heavy (non-hydrogen) atoms. The number of thiophene rings is 1. The summed E-state index contributed by atoms with van der Waals surface area (Å²) in [5, 5.41) is 9.44. The lowest BCUT2D eigenvalue weighted by Crippen LogP contribution is -2.10. The molecule has 1 aliphatic carbocycles. The zero-order chi connectivity index (χ0) is 15.0. The second-order valence-corrected chi connectivity index (χ2v) is 6.55. The first-order valence-corrected chi connectivity index (χ1v) is 7.80. The molecule has 1 aromatic heterocycles. The van der Waals surface area contributed by atoms with Crippen LogP contribution in [0.15, 0.2) is 24.3 Å². The first-order valence-electron chi connectivity index (χ1n) is 6.60. The quantitative estimate of drug-likeness (QED) is 0.780.